The van der Waals surface area contributed by atoms with E-state index in [9.17, 15) is 16.8 Å². The van der Waals surface area contributed by atoms with Crippen LogP contribution in [0.5, 0.6) is 0 Å². The molecule has 0 fully saturated rings. The van der Waals surface area contributed by atoms with E-state index >= 15 is 0 Å². The Bertz CT molecular complexity index is 525. The van der Waals surface area contributed by atoms with E-state index in [2.05, 4.69) is 0 Å². The van der Waals surface area contributed by atoms with E-state index in [0.29, 0.717) is 12.8 Å². The molecule has 0 saturated heterocycles. The molecule has 0 aromatic heterocycles. The number of allylic oxidation sites excluding steroid dienone is 2. The molecule has 0 spiro atoms. The molecule has 0 aromatic carbocycles. The molecule has 8 heteroatoms. The third-order valence-electron chi connectivity index (χ3n) is 3.94. The minimum absolute atomic E-state index is 0.000203. The van der Waals surface area contributed by atoms with Gasteiger partial charge in [-0.15, -0.1) is 0 Å². The monoisotopic (exact) mass is 326 g/mol. The van der Waals surface area contributed by atoms with Crippen molar-refractivity contribution in [3.8, 4) is 0 Å². The first-order valence-corrected chi connectivity index (χ1v) is 9.84. The van der Waals surface area contributed by atoms with Crippen molar-refractivity contribution in [1.82, 2.24) is 0 Å². The van der Waals surface area contributed by atoms with Gasteiger partial charge in [0.05, 0.1) is 25.7 Å². The maximum absolute atomic E-state index is 11.2. The Labute approximate surface area is 121 Å². The van der Waals surface area contributed by atoms with Crippen LogP contribution in [0, 0.1) is 10.8 Å². The van der Waals surface area contributed by atoms with Crippen molar-refractivity contribution in [2.45, 2.75) is 26.7 Å². The average molecular weight is 326 g/mol. The minimum atomic E-state index is -3.54. The zero-order valence-corrected chi connectivity index (χ0v) is 13.9. The fraction of sp³-hybridized carbons (Fsp3) is 0.833. The summed E-state index contributed by atoms with van der Waals surface area (Å²) in [5.41, 5.74) is -1.04. The zero-order valence-electron chi connectivity index (χ0n) is 12.2. The molecular formula is C12H22O6S2. The van der Waals surface area contributed by atoms with Gasteiger partial charge in [0.15, 0.2) is 0 Å². The van der Waals surface area contributed by atoms with Gasteiger partial charge in [0.1, 0.15) is 0 Å². The van der Waals surface area contributed by atoms with Gasteiger partial charge in [0, 0.05) is 10.8 Å². The predicted octanol–water partition coefficient (Wildman–Crippen LogP) is 1.30. The highest BCUT2D eigenvalue weighted by atomic mass is 32.2. The van der Waals surface area contributed by atoms with E-state index in [1.54, 1.807) is 0 Å². The molecule has 1 aliphatic carbocycles. The van der Waals surface area contributed by atoms with Crippen LogP contribution in [0.4, 0.5) is 0 Å². The Hall–Kier alpha value is -0.440. The summed E-state index contributed by atoms with van der Waals surface area (Å²) >= 11 is 0. The van der Waals surface area contributed by atoms with Crippen LogP contribution in [-0.2, 0) is 28.6 Å². The summed E-state index contributed by atoms with van der Waals surface area (Å²) in [6, 6.07) is 0. The van der Waals surface area contributed by atoms with Gasteiger partial charge in [0.25, 0.3) is 20.2 Å². The van der Waals surface area contributed by atoms with Crippen LogP contribution in [0.25, 0.3) is 0 Å². The molecule has 2 atom stereocenters. The van der Waals surface area contributed by atoms with E-state index in [-0.39, 0.29) is 13.2 Å². The summed E-state index contributed by atoms with van der Waals surface area (Å²) in [6.45, 7) is 3.76. The third kappa shape index (κ3) is 4.83. The second-order valence-electron chi connectivity index (χ2n) is 5.93. The maximum Gasteiger partial charge on any atom is 0.264 e. The maximum atomic E-state index is 11.2. The van der Waals surface area contributed by atoms with E-state index in [1.165, 1.54) is 0 Å². The van der Waals surface area contributed by atoms with Crippen LogP contribution in [0.3, 0.4) is 0 Å². The van der Waals surface area contributed by atoms with Gasteiger partial charge in [-0.25, -0.2) is 0 Å². The molecular weight excluding hydrogens is 304 g/mol. The summed E-state index contributed by atoms with van der Waals surface area (Å²) in [4.78, 5) is 0. The lowest BCUT2D eigenvalue weighted by atomic mass is 9.60. The largest absolute Gasteiger partial charge is 0.270 e. The molecule has 0 aromatic rings. The molecule has 0 radical (unpaired) electrons. The summed E-state index contributed by atoms with van der Waals surface area (Å²) in [7, 11) is -7.08. The Morgan fingerprint density at radius 3 is 1.40 bits per heavy atom. The molecule has 1 rings (SSSR count). The van der Waals surface area contributed by atoms with Crippen LogP contribution in [0.15, 0.2) is 12.2 Å². The van der Waals surface area contributed by atoms with Gasteiger partial charge in [-0.1, -0.05) is 26.0 Å². The Balaban J connectivity index is 2.92. The van der Waals surface area contributed by atoms with E-state index < -0.39 is 31.1 Å². The van der Waals surface area contributed by atoms with E-state index in [4.69, 9.17) is 8.37 Å². The number of hydrogen-bond acceptors (Lipinski definition) is 6. The van der Waals surface area contributed by atoms with Gasteiger partial charge in [0.2, 0.25) is 0 Å². The van der Waals surface area contributed by atoms with Crippen molar-refractivity contribution in [2.24, 2.45) is 10.8 Å². The lowest BCUT2D eigenvalue weighted by molar-refractivity contribution is -0.0154. The van der Waals surface area contributed by atoms with Crippen LogP contribution in [0.1, 0.15) is 26.7 Å². The lowest BCUT2D eigenvalue weighted by Crippen LogP contribution is -2.46. The highest BCUT2D eigenvalue weighted by Crippen LogP contribution is 2.48. The molecule has 20 heavy (non-hydrogen) atoms. The first kappa shape index (κ1) is 17.6. The van der Waals surface area contributed by atoms with Crippen molar-refractivity contribution in [3.63, 3.8) is 0 Å². The Morgan fingerprint density at radius 2 is 1.15 bits per heavy atom. The van der Waals surface area contributed by atoms with Crippen molar-refractivity contribution in [1.29, 1.82) is 0 Å². The zero-order chi connectivity index (χ0) is 15.7. The van der Waals surface area contributed by atoms with E-state index in [1.807, 2.05) is 26.0 Å². The third-order valence-corrected chi connectivity index (χ3v) is 5.04. The Kier molecular flexibility index (Phi) is 5.06. The van der Waals surface area contributed by atoms with Crippen LogP contribution in [0.2, 0.25) is 0 Å². The highest BCUT2D eigenvalue weighted by molar-refractivity contribution is 7.86. The highest BCUT2D eigenvalue weighted by Gasteiger charge is 2.46. The summed E-state index contributed by atoms with van der Waals surface area (Å²) in [5.74, 6) is 0. The van der Waals surface area contributed by atoms with Crippen LogP contribution < -0.4 is 0 Å². The van der Waals surface area contributed by atoms with Gasteiger partial charge in [-0.3, -0.25) is 8.37 Å². The van der Waals surface area contributed by atoms with Crippen molar-refractivity contribution < 1.29 is 25.2 Å². The van der Waals surface area contributed by atoms with E-state index in [0.717, 1.165) is 12.5 Å². The molecule has 6 nitrogen and oxygen atoms in total. The van der Waals surface area contributed by atoms with Gasteiger partial charge >= 0.3 is 0 Å². The molecule has 1 aliphatic rings. The second-order valence-corrected chi connectivity index (χ2v) is 9.22. The lowest BCUT2D eigenvalue weighted by Gasteiger charge is -2.47. The molecule has 0 unspecified atom stereocenters. The van der Waals surface area contributed by atoms with Gasteiger partial charge in [-0.2, -0.15) is 16.8 Å². The average Bonchev–Trinajstić information content (AvgIpc) is 2.27. The number of hydrogen-bond donors (Lipinski definition) is 0. The van der Waals surface area contributed by atoms with Gasteiger partial charge in [-0.05, 0) is 12.8 Å². The molecule has 0 N–H and O–H groups in total. The SMILES string of the molecule is C[C@@]1(COS(C)(=O)=O)CC=CC[C@]1(C)COS(C)(=O)=O. The smallest absolute Gasteiger partial charge is 0.264 e. The molecule has 0 bridgehead atoms. The van der Waals surface area contributed by atoms with Crippen molar-refractivity contribution in [3.05, 3.63) is 12.2 Å². The van der Waals surface area contributed by atoms with Crippen molar-refractivity contribution in [2.75, 3.05) is 25.7 Å². The fourth-order valence-corrected chi connectivity index (χ4v) is 3.07. The van der Waals surface area contributed by atoms with Crippen LogP contribution >= 0.6 is 0 Å². The molecule has 0 saturated carbocycles. The molecule has 0 amide bonds. The fourth-order valence-electron chi connectivity index (χ4n) is 2.12. The first-order valence-electron chi connectivity index (χ1n) is 6.21. The first-order chi connectivity index (χ1) is 8.87. The number of rotatable bonds is 6. The summed E-state index contributed by atoms with van der Waals surface area (Å²) in [6.07, 6.45) is 7.11. The quantitative estimate of drug-likeness (QED) is 0.540. The minimum Gasteiger partial charge on any atom is -0.270 e. The second kappa shape index (κ2) is 5.75. The molecule has 0 heterocycles. The van der Waals surface area contributed by atoms with Gasteiger partial charge < -0.3 is 0 Å². The normalized spacial score (nSPS) is 31.4. The van der Waals surface area contributed by atoms with Crippen molar-refractivity contribution >= 4 is 20.2 Å². The molecule has 118 valence electrons. The summed E-state index contributed by atoms with van der Waals surface area (Å²) in [5, 5.41) is 0. The topological polar surface area (TPSA) is 86.7 Å². The van der Waals surface area contributed by atoms with Crippen LogP contribution in [-0.4, -0.2) is 42.6 Å². The summed E-state index contributed by atoms with van der Waals surface area (Å²) < 4.78 is 54.6. The predicted molar refractivity (Wildman–Crippen MR) is 76.2 cm³/mol. The Morgan fingerprint density at radius 1 is 0.850 bits per heavy atom. The standard InChI is InChI=1S/C12H22O6S2/c1-11(9-17-19(3,13)14)7-5-6-8-12(11,2)10-18-20(4,15)16/h5-6H,7-10H2,1-4H3/t11-,12+. The molecule has 0 aliphatic heterocycles.